The molecule has 0 aromatic rings. The van der Waals surface area contributed by atoms with Gasteiger partial charge in [0.05, 0.1) is 0 Å². The van der Waals surface area contributed by atoms with E-state index in [0.717, 1.165) is 31.8 Å². The van der Waals surface area contributed by atoms with Gasteiger partial charge in [0.1, 0.15) is 0 Å². The minimum absolute atomic E-state index is 0.337. The maximum absolute atomic E-state index is 11.8. The molecule has 1 saturated heterocycles. The van der Waals surface area contributed by atoms with Crippen molar-refractivity contribution in [3.8, 4) is 0 Å². The number of hydrogen-bond acceptors (Lipinski definition) is 3. The zero-order valence-electron chi connectivity index (χ0n) is 9.79. The molecule has 1 atom stereocenters. The van der Waals surface area contributed by atoms with Crippen molar-refractivity contribution in [2.75, 3.05) is 32.4 Å². The highest BCUT2D eigenvalue weighted by molar-refractivity contribution is 8.00. The monoisotopic (exact) mass is 230 g/mol. The Morgan fingerprint density at radius 3 is 3.07 bits per heavy atom. The lowest BCUT2D eigenvalue weighted by Crippen LogP contribution is -2.41. The molecule has 4 heteroatoms. The lowest BCUT2D eigenvalue weighted by molar-refractivity contribution is -0.131. The predicted octanol–water partition coefficient (Wildman–Crippen LogP) is 1.34. The summed E-state index contributed by atoms with van der Waals surface area (Å²) in [5.74, 6) is 1.44. The van der Waals surface area contributed by atoms with Crippen molar-refractivity contribution in [1.29, 1.82) is 0 Å². The highest BCUT2D eigenvalue weighted by atomic mass is 32.2. The third-order valence-electron chi connectivity index (χ3n) is 2.76. The van der Waals surface area contributed by atoms with E-state index in [2.05, 4.69) is 12.2 Å². The average molecular weight is 230 g/mol. The Morgan fingerprint density at radius 1 is 1.60 bits per heavy atom. The van der Waals surface area contributed by atoms with E-state index in [4.69, 9.17) is 0 Å². The maximum Gasteiger partial charge on any atom is 0.222 e. The van der Waals surface area contributed by atoms with Gasteiger partial charge in [-0.15, -0.1) is 0 Å². The molecule has 0 aromatic carbocycles. The molecule has 88 valence electrons. The molecular weight excluding hydrogens is 208 g/mol. The zero-order chi connectivity index (χ0) is 11.1. The van der Waals surface area contributed by atoms with E-state index >= 15 is 0 Å². The lowest BCUT2D eigenvalue weighted by atomic mass is 10.2. The van der Waals surface area contributed by atoms with E-state index in [9.17, 15) is 4.79 Å². The number of hydrogen-bond donors (Lipinski definition) is 1. The smallest absolute Gasteiger partial charge is 0.222 e. The van der Waals surface area contributed by atoms with Crippen LogP contribution in [0, 0.1) is 0 Å². The van der Waals surface area contributed by atoms with Gasteiger partial charge in [-0.05, 0) is 26.4 Å². The van der Waals surface area contributed by atoms with Gasteiger partial charge in [-0.1, -0.05) is 6.92 Å². The standard InChI is InChI=1S/C11H22N2OS/c1-3-10-9-13(7-8-15-10)11(14)5-4-6-12-2/h10,12H,3-9H2,1-2H3. The molecule has 1 N–H and O–H groups in total. The topological polar surface area (TPSA) is 32.3 Å². The molecule has 0 saturated carbocycles. The van der Waals surface area contributed by atoms with Crippen molar-refractivity contribution < 1.29 is 4.79 Å². The Bertz CT molecular complexity index is 199. The first kappa shape index (κ1) is 12.8. The van der Waals surface area contributed by atoms with Crippen LogP contribution in [0.25, 0.3) is 0 Å². The fourth-order valence-corrected chi connectivity index (χ4v) is 2.95. The summed E-state index contributed by atoms with van der Waals surface area (Å²) in [5, 5.41) is 3.73. The molecule has 1 rings (SSSR count). The summed E-state index contributed by atoms with van der Waals surface area (Å²) in [5.41, 5.74) is 0. The van der Waals surface area contributed by atoms with Crippen LogP contribution in [0.5, 0.6) is 0 Å². The van der Waals surface area contributed by atoms with Gasteiger partial charge in [0.15, 0.2) is 0 Å². The van der Waals surface area contributed by atoms with Crippen LogP contribution in [-0.2, 0) is 4.79 Å². The number of thioether (sulfide) groups is 1. The fraction of sp³-hybridized carbons (Fsp3) is 0.909. The first-order valence-corrected chi connectivity index (χ1v) is 6.86. The second-order valence-electron chi connectivity index (χ2n) is 3.95. The third-order valence-corrected chi connectivity index (χ3v) is 4.14. The first-order valence-electron chi connectivity index (χ1n) is 5.82. The number of nitrogens with one attached hydrogen (secondary N) is 1. The molecule has 15 heavy (non-hydrogen) atoms. The Hall–Kier alpha value is -0.220. The Labute approximate surface area is 97.0 Å². The van der Waals surface area contributed by atoms with Crippen molar-refractivity contribution in [1.82, 2.24) is 10.2 Å². The minimum Gasteiger partial charge on any atom is -0.341 e. The van der Waals surface area contributed by atoms with Gasteiger partial charge in [0, 0.05) is 30.5 Å². The number of nitrogens with zero attached hydrogens (tertiary/aromatic N) is 1. The van der Waals surface area contributed by atoms with Crippen LogP contribution in [-0.4, -0.2) is 48.5 Å². The molecule has 0 aliphatic carbocycles. The average Bonchev–Trinajstić information content (AvgIpc) is 2.29. The molecule has 1 aliphatic rings. The Morgan fingerprint density at radius 2 is 2.40 bits per heavy atom. The minimum atomic E-state index is 0.337. The van der Waals surface area contributed by atoms with E-state index in [0.29, 0.717) is 17.6 Å². The molecule has 1 amide bonds. The van der Waals surface area contributed by atoms with Crippen molar-refractivity contribution in [2.45, 2.75) is 31.4 Å². The second-order valence-corrected chi connectivity index (χ2v) is 5.36. The van der Waals surface area contributed by atoms with Crippen LogP contribution in [0.1, 0.15) is 26.2 Å². The molecule has 3 nitrogen and oxygen atoms in total. The third kappa shape index (κ3) is 4.43. The van der Waals surface area contributed by atoms with Gasteiger partial charge >= 0.3 is 0 Å². The van der Waals surface area contributed by atoms with Crippen LogP contribution < -0.4 is 5.32 Å². The molecule has 1 aliphatic heterocycles. The lowest BCUT2D eigenvalue weighted by Gasteiger charge is -2.32. The highest BCUT2D eigenvalue weighted by Crippen LogP contribution is 2.21. The molecule has 1 heterocycles. The van der Waals surface area contributed by atoms with E-state index in [1.807, 2.05) is 23.7 Å². The van der Waals surface area contributed by atoms with Crippen molar-refractivity contribution in [3.05, 3.63) is 0 Å². The van der Waals surface area contributed by atoms with Crippen molar-refractivity contribution in [2.24, 2.45) is 0 Å². The number of rotatable bonds is 5. The van der Waals surface area contributed by atoms with Gasteiger partial charge in [-0.3, -0.25) is 4.79 Å². The molecule has 0 bridgehead atoms. The quantitative estimate of drug-likeness (QED) is 0.723. The van der Waals surface area contributed by atoms with Gasteiger partial charge < -0.3 is 10.2 Å². The summed E-state index contributed by atoms with van der Waals surface area (Å²) in [4.78, 5) is 13.9. The van der Waals surface area contributed by atoms with Crippen LogP contribution in [0.15, 0.2) is 0 Å². The molecule has 0 aromatic heterocycles. The fourth-order valence-electron chi connectivity index (χ4n) is 1.77. The summed E-state index contributed by atoms with van der Waals surface area (Å²) < 4.78 is 0. The number of carbonyl (C=O) groups is 1. The van der Waals surface area contributed by atoms with E-state index in [1.165, 1.54) is 6.42 Å². The van der Waals surface area contributed by atoms with Crippen LogP contribution in [0.2, 0.25) is 0 Å². The van der Waals surface area contributed by atoms with Crippen LogP contribution in [0.4, 0.5) is 0 Å². The molecular formula is C11H22N2OS. The summed E-state index contributed by atoms with van der Waals surface area (Å²) in [7, 11) is 1.93. The highest BCUT2D eigenvalue weighted by Gasteiger charge is 2.22. The van der Waals surface area contributed by atoms with E-state index in [-0.39, 0.29) is 0 Å². The summed E-state index contributed by atoms with van der Waals surface area (Å²) in [6, 6.07) is 0. The van der Waals surface area contributed by atoms with E-state index in [1.54, 1.807) is 0 Å². The molecule has 0 radical (unpaired) electrons. The SMILES string of the molecule is CCC1CN(C(=O)CCCNC)CCS1. The van der Waals surface area contributed by atoms with Crippen LogP contribution >= 0.6 is 11.8 Å². The van der Waals surface area contributed by atoms with Crippen LogP contribution in [0.3, 0.4) is 0 Å². The van der Waals surface area contributed by atoms with Gasteiger partial charge in [0.25, 0.3) is 0 Å². The van der Waals surface area contributed by atoms with Gasteiger partial charge in [0.2, 0.25) is 5.91 Å². The van der Waals surface area contributed by atoms with Gasteiger partial charge in [-0.2, -0.15) is 11.8 Å². The summed E-state index contributed by atoms with van der Waals surface area (Å²) in [6.45, 7) is 5.04. The van der Waals surface area contributed by atoms with Crippen molar-refractivity contribution >= 4 is 17.7 Å². The Kier molecular flexibility index (Phi) is 6.10. The second kappa shape index (κ2) is 7.12. The molecule has 1 unspecified atom stereocenters. The molecule has 1 fully saturated rings. The van der Waals surface area contributed by atoms with Gasteiger partial charge in [-0.25, -0.2) is 0 Å². The summed E-state index contributed by atoms with van der Waals surface area (Å²) in [6.07, 6.45) is 2.82. The number of amides is 1. The normalized spacial score (nSPS) is 21.7. The zero-order valence-corrected chi connectivity index (χ0v) is 10.6. The number of carbonyl (C=O) groups excluding carboxylic acids is 1. The maximum atomic E-state index is 11.8. The largest absolute Gasteiger partial charge is 0.341 e. The van der Waals surface area contributed by atoms with Crippen molar-refractivity contribution in [3.63, 3.8) is 0 Å². The van der Waals surface area contributed by atoms with E-state index < -0.39 is 0 Å². The Balaban J connectivity index is 2.25. The predicted molar refractivity (Wildman–Crippen MR) is 66.3 cm³/mol. The summed E-state index contributed by atoms with van der Waals surface area (Å²) >= 11 is 2.01. The molecule has 0 spiro atoms. The first-order chi connectivity index (χ1) is 7.27.